The molecule has 0 spiro atoms. The fourth-order valence-corrected chi connectivity index (χ4v) is 6.08. The molecule has 0 amide bonds. The van der Waals surface area contributed by atoms with Crippen molar-refractivity contribution in [1.29, 1.82) is 0 Å². The molecule has 40 heavy (non-hydrogen) atoms. The van der Waals surface area contributed by atoms with Crippen molar-refractivity contribution in [2.75, 3.05) is 13.2 Å². The molecule has 0 aromatic heterocycles. The van der Waals surface area contributed by atoms with Gasteiger partial charge in [0.15, 0.2) is 12.6 Å². The van der Waals surface area contributed by atoms with Crippen molar-refractivity contribution in [3.8, 4) is 0 Å². The first-order chi connectivity index (χ1) is 19.4. The van der Waals surface area contributed by atoms with Crippen LogP contribution >= 0.6 is 0 Å². The van der Waals surface area contributed by atoms with Crippen LogP contribution in [0.25, 0.3) is 0 Å². The average molecular weight is 565 g/mol. The number of carboxylic acid groups (broad SMARTS) is 1. The number of carbonyl (C=O) groups excluding carboxylic acids is 2. The summed E-state index contributed by atoms with van der Waals surface area (Å²) < 4.78 is 24.5. The number of ether oxygens (including phenoxy) is 4. The van der Waals surface area contributed by atoms with E-state index in [1.165, 1.54) is 6.42 Å². The summed E-state index contributed by atoms with van der Waals surface area (Å²) in [4.78, 5) is 36.9. The van der Waals surface area contributed by atoms with E-state index in [1.807, 2.05) is 0 Å². The van der Waals surface area contributed by atoms with Gasteiger partial charge in [0.25, 0.3) is 0 Å². The van der Waals surface area contributed by atoms with Gasteiger partial charge in [0.05, 0.1) is 12.2 Å². The van der Waals surface area contributed by atoms with Crippen molar-refractivity contribution in [2.24, 2.45) is 17.8 Å². The smallest absolute Gasteiger partial charge is 0.303 e. The Kier molecular flexibility index (Phi) is 14.8. The fraction of sp³-hybridized carbons (Fsp3) is 0.844. The van der Waals surface area contributed by atoms with Gasteiger partial charge in [-0.2, -0.15) is 0 Å². The number of aliphatic carboxylic acids is 1. The maximum atomic E-state index is 13.2. The number of Topliss-reactive ketones (excluding diaryl/α,β-unsaturated/α-hetero) is 2. The minimum Gasteiger partial charge on any atom is -0.481 e. The van der Waals surface area contributed by atoms with Crippen LogP contribution in [0.15, 0.2) is 12.2 Å². The molecule has 3 aliphatic rings. The second-order valence-corrected chi connectivity index (χ2v) is 12.0. The zero-order valence-corrected chi connectivity index (χ0v) is 24.7. The lowest BCUT2D eigenvalue weighted by atomic mass is 9.87. The van der Waals surface area contributed by atoms with Gasteiger partial charge in [-0.05, 0) is 63.7 Å². The van der Waals surface area contributed by atoms with Crippen LogP contribution in [0.1, 0.15) is 117 Å². The summed E-state index contributed by atoms with van der Waals surface area (Å²) in [6.45, 7) is 5.85. The van der Waals surface area contributed by atoms with E-state index in [9.17, 15) is 14.4 Å². The summed E-state index contributed by atoms with van der Waals surface area (Å²) >= 11 is 0. The molecule has 3 rings (SSSR count). The number of carbonyl (C=O) groups is 3. The number of unbranched alkanes of at least 4 members (excludes halogenated alkanes) is 2. The van der Waals surface area contributed by atoms with Gasteiger partial charge in [-0.1, -0.05) is 45.3 Å². The first kappa shape index (κ1) is 32.9. The van der Waals surface area contributed by atoms with Crippen molar-refractivity contribution in [1.82, 2.24) is 0 Å². The van der Waals surface area contributed by atoms with Gasteiger partial charge in [-0.15, -0.1) is 0 Å². The van der Waals surface area contributed by atoms with Gasteiger partial charge in [0, 0.05) is 50.7 Å². The third-order valence-corrected chi connectivity index (χ3v) is 8.42. The van der Waals surface area contributed by atoms with Crippen LogP contribution in [-0.4, -0.2) is 60.6 Å². The van der Waals surface area contributed by atoms with Crippen molar-refractivity contribution < 1.29 is 38.4 Å². The molecular weight excluding hydrogens is 512 g/mol. The maximum absolute atomic E-state index is 13.2. The molecule has 0 radical (unpaired) electrons. The Morgan fingerprint density at radius 3 is 2.38 bits per heavy atom. The Labute approximate surface area is 240 Å². The first-order valence-corrected chi connectivity index (χ1v) is 15.8. The molecule has 228 valence electrons. The van der Waals surface area contributed by atoms with E-state index in [-0.39, 0.29) is 61.5 Å². The Hall–Kier alpha value is -1.61. The average Bonchev–Trinajstić information content (AvgIpc) is 3.22. The van der Waals surface area contributed by atoms with E-state index in [4.69, 9.17) is 24.1 Å². The number of hydrogen-bond acceptors (Lipinski definition) is 7. The van der Waals surface area contributed by atoms with Crippen LogP contribution in [0.2, 0.25) is 0 Å². The molecule has 3 fully saturated rings. The summed E-state index contributed by atoms with van der Waals surface area (Å²) in [5.74, 6) is -0.972. The van der Waals surface area contributed by atoms with Crippen LogP contribution in [0, 0.1) is 17.8 Å². The molecule has 2 unspecified atom stereocenters. The summed E-state index contributed by atoms with van der Waals surface area (Å²) in [6, 6.07) is 0. The Morgan fingerprint density at radius 2 is 1.73 bits per heavy atom. The number of rotatable bonds is 18. The molecular formula is C32H52O8. The lowest BCUT2D eigenvalue weighted by Crippen LogP contribution is -2.31. The highest BCUT2D eigenvalue weighted by atomic mass is 16.7. The predicted molar refractivity (Wildman–Crippen MR) is 152 cm³/mol. The molecule has 0 aromatic carbocycles. The highest BCUT2D eigenvalue weighted by Crippen LogP contribution is 2.37. The predicted octanol–water partition coefficient (Wildman–Crippen LogP) is 6.39. The molecule has 1 aliphatic carbocycles. The largest absolute Gasteiger partial charge is 0.481 e. The fourth-order valence-electron chi connectivity index (χ4n) is 6.08. The summed E-state index contributed by atoms with van der Waals surface area (Å²) in [7, 11) is 0. The second kappa shape index (κ2) is 18.0. The minimum absolute atomic E-state index is 0.00768. The standard InChI is InChI=1S/C32H52O8/c1-3-4-11-23(2)20-25(39-31-14-7-9-18-37-31)16-17-26-27(21-24(33)12-5-6-13-30(35)36)28(34)22-29(26)40-32-15-8-10-19-38-32/h16-17,23,25-27,29,31-32H,3-15,18-22H2,1-2H3,(H,35,36)/b17-16+/t23-,25-,26+,27+,29+,31?,32?/m0/s1. The van der Waals surface area contributed by atoms with E-state index in [0.29, 0.717) is 31.8 Å². The Morgan fingerprint density at radius 1 is 1.02 bits per heavy atom. The monoisotopic (exact) mass is 564 g/mol. The van der Waals surface area contributed by atoms with Crippen LogP contribution in [0.5, 0.6) is 0 Å². The normalized spacial score (nSPS) is 29.1. The zero-order valence-electron chi connectivity index (χ0n) is 24.7. The maximum Gasteiger partial charge on any atom is 0.303 e. The van der Waals surface area contributed by atoms with E-state index >= 15 is 0 Å². The van der Waals surface area contributed by atoms with E-state index in [1.54, 1.807) is 0 Å². The van der Waals surface area contributed by atoms with Crippen molar-refractivity contribution in [2.45, 2.75) is 141 Å². The first-order valence-electron chi connectivity index (χ1n) is 15.8. The lowest BCUT2D eigenvalue weighted by molar-refractivity contribution is -0.192. The molecule has 1 N–H and O–H groups in total. The van der Waals surface area contributed by atoms with Gasteiger partial charge in [-0.25, -0.2) is 0 Å². The van der Waals surface area contributed by atoms with Crippen molar-refractivity contribution in [3.63, 3.8) is 0 Å². The van der Waals surface area contributed by atoms with Gasteiger partial charge >= 0.3 is 5.97 Å². The van der Waals surface area contributed by atoms with Gasteiger partial charge < -0.3 is 24.1 Å². The summed E-state index contributed by atoms with van der Waals surface area (Å²) in [6.07, 6.45) is 15.2. The van der Waals surface area contributed by atoms with Crippen LogP contribution in [-0.2, 0) is 33.3 Å². The Balaban J connectivity index is 1.71. The second-order valence-electron chi connectivity index (χ2n) is 12.0. The van der Waals surface area contributed by atoms with E-state index in [2.05, 4.69) is 26.0 Å². The van der Waals surface area contributed by atoms with E-state index < -0.39 is 11.9 Å². The molecule has 2 saturated heterocycles. The lowest BCUT2D eigenvalue weighted by Gasteiger charge is -2.30. The van der Waals surface area contributed by atoms with Crippen molar-refractivity contribution in [3.05, 3.63) is 12.2 Å². The summed E-state index contributed by atoms with van der Waals surface area (Å²) in [5, 5.41) is 8.87. The quantitative estimate of drug-likeness (QED) is 0.151. The number of hydrogen-bond donors (Lipinski definition) is 1. The SMILES string of the molecule is CCCC[C@H](C)C[C@H](/C=C/[C@H]1[C@H](OC2CCCCO2)CC(=O)[C@@H]1CC(=O)CCCCC(=O)O)OC1CCCCO1. The number of ketones is 2. The highest BCUT2D eigenvalue weighted by molar-refractivity contribution is 5.90. The third kappa shape index (κ3) is 11.7. The number of carboxylic acids is 1. The van der Waals surface area contributed by atoms with Crippen LogP contribution in [0.3, 0.4) is 0 Å². The van der Waals surface area contributed by atoms with E-state index in [0.717, 1.165) is 64.4 Å². The molecule has 8 nitrogen and oxygen atoms in total. The van der Waals surface area contributed by atoms with Crippen LogP contribution in [0.4, 0.5) is 0 Å². The molecule has 7 atom stereocenters. The third-order valence-electron chi connectivity index (χ3n) is 8.42. The minimum atomic E-state index is -0.854. The summed E-state index contributed by atoms with van der Waals surface area (Å²) in [5.41, 5.74) is 0. The molecule has 2 heterocycles. The molecule has 2 aliphatic heterocycles. The molecule has 0 bridgehead atoms. The highest BCUT2D eigenvalue weighted by Gasteiger charge is 2.43. The topological polar surface area (TPSA) is 108 Å². The van der Waals surface area contributed by atoms with Gasteiger partial charge in [-0.3, -0.25) is 14.4 Å². The van der Waals surface area contributed by atoms with Gasteiger partial charge in [0.2, 0.25) is 0 Å². The van der Waals surface area contributed by atoms with Gasteiger partial charge in [0.1, 0.15) is 11.6 Å². The van der Waals surface area contributed by atoms with Crippen molar-refractivity contribution >= 4 is 17.5 Å². The molecule has 1 saturated carbocycles. The van der Waals surface area contributed by atoms with Crippen LogP contribution < -0.4 is 0 Å². The Bertz CT molecular complexity index is 799. The molecule has 8 heteroatoms. The molecule has 0 aromatic rings. The zero-order chi connectivity index (χ0) is 28.7.